The van der Waals surface area contributed by atoms with Crippen LogP contribution in [-0.4, -0.2) is 40.6 Å². The molecule has 0 radical (unpaired) electrons. The first kappa shape index (κ1) is 15.4. The molecule has 0 spiro atoms. The van der Waals surface area contributed by atoms with Crippen molar-refractivity contribution < 1.29 is 4.42 Å². The minimum Gasteiger partial charge on any atom is -0.408 e. The molecular weight excluding hydrogens is 318 g/mol. The molecule has 2 aromatic heterocycles. The molecule has 3 aromatic rings. The van der Waals surface area contributed by atoms with E-state index in [0.717, 1.165) is 37.5 Å². The van der Waals surface area contributed by atoms with E-state index in [1.54, 1.807) is 22.9 Å². The largest absolute Gasteiger partial charge is 0.421 e. The predicted molar refractivity (Wildman–Crippen MR) is 93.2 cm³/mol. The number of hydrogen-bond donors (Lipinski definition) is 0. The molecule has 1 saturated heterocycles. The number of para-hydroxylation sites is 2. The monoisotopic (exact) mass is 335 g/mol. The maximum Gasteiger partial charge on any atom is 0.421 e. The summed E-state index contributed by atoms with van der Waals surface area (Å²) in [7, 11) is 0. The summed E-state index contributed by atoms with van der Waals surface area (Å²) in [5.41, 5.74) is 2.05. The van der Waals surface area contributed by atoms with E-state index in [1.807, 2.05) is 24.3 Å². The molecular formula is C18H17N5O2. The topological polar surface area (TPSA) is 78.3 Å². The number of nitrogens with zero attached hydrogens (tertiary/aromatic N) is 5. The second-order valence-electron chi connectivity index (χ2n) is 6.02. The van der Waals surface area contributed by atoms with Gasteiger partial charge in [-0.2, -0.15) is 5.26 Å². The van der Waals surface area contributed by atoms with Crippen molar-refractivity contribution in [3.8, 4) is 6.07 Å². The van der Waals surface area contributed by atoms with Crippen molar-refractivity contribution in [2.24, 2.45) is 0 Å². The molecule has 3 heterocycles. The first-order chi connectivity index (χ1) is 12.2. The van der Waals surface area contributed by atoms with Gasteiger partial charge >= 0.3 is 5.76 Å². The minimum atomic E-state index is -0.327. The van der Waals surface area contributed by atoms with Gasteiger partial charge in [0.2, 0.25) is 0 Å². The van der Waals surface area contributed by atoms with Crippen LogP contribution in [0.1, 0.15) is 5.56 Å². The van der Waals surface area contributed by atoms with Crippen LogP contribution in [0, 0.1) is 11.3 Å². The maximum absolute atomic E-state index is 12.1. The standard InChI is InChI=1S/C18H17N5O2/c19-12-14-5-6-20-17(11-14)22-9-7-21(8-10-22)13-23-15-3-1-2-4-16(15)25-18(23)24/h1-6,11H,7-10,13H2. The third-order valence-corrected chi connectivity index (χ3v) is 4.49. The summed E-state index contributed by atoms with van der Waals surface area (Å²) in [6, 6.07) is 13.1. The molecule has 7 heteroatoms. The van der Waals surface area contributed by atoms with Crippen molar-refractivity contribution in [3.63, 3.8) is 0 Å². The summed E-state index contributed by atoms with van der Waals surface area (Å²) >= 11 is 0. The Kier molecular flexibility index (Phi) is 3.96. The van der Waals surface area contributed by atoms with Crippen LogP contribution >= 0.6 is 0 Å². The third kappa shape index (κ3) is 2.99. The Bertz CT molecular complexity index is 992. The number of piperazine rings is 1. The van der Waals surface area contributed by atoms with Gasteiger partial charge < -0.3 is 9.32 Å². The van der Waals surface area contributed by atoms with Gasteiger partial charge in [0.25, 0.3) is 0 Å². The summed E-state index contributed by atoms with van der Waals surface area (Å²) in [4.78, 5) is 20.8. The summed E-state index contributed by atoms with van der Waals surface area (Å²) in [6.45, 7) is 3.73. The molecule has 1 aromatic carbocycles. The lowest BCUT2D eigenvalue weighted by molar-refractivity contribution is 0.201. The smallest absolute Gasteiger partial charge is 0.408 e. The van der Waals surface area contributed by atoms with E-state index in [-0.39, 0.29) is 5.76 Å². The number of hydrogen-bond acceptors (Lipinski definition) is 6. The van der Waals surface area contributed by atoms with Crippen LogP contribution in [0.4, 0.5) is 5.82 Å². The average Bonchev–Trinajstić information content (AvgIpc) is 2.98. The normalized spacial score (nSPS) is 15.4. The van der Waals surface area contributed by atoms with Crippen molar-refractivity contribution in [1.29, 1.82) is 5.26 Å². The quantitative estimate of drug-likeness (QED) is 0.724. The molecule has 0 amide bonds. The molecule has 126 valence electrons. The molecule has 0 N–H and O–H groups in total. The van der Waals surface area contributed by atoms with Crippen LogP contribution in [0.5, 0.6) is 0 Å². The van der Waals surface area contributed by atoms with E-state index < -0.39 is 0 Å². The Balaban J connectivity index is 1.46. The number of oxazole rings is 1. The van der Waals surface area contributed by atoms with Crippen molar-refractivity contribution in [3.05, 3.63) is 58.7 Å². The first-order valence-electron chi connectivity index (χ1n) is 8.16. The molecule has 7 nitrogen and oxygen atoms in total. The second kappa shape index (κ2) is 6.42. The van der Waals surface area contributed by atoms with Gasteiger partial charge in [-0.25, -0.2) is 9.78 Å². The number of benzene rings is 1. The molecule has 1 aliphatic rings. The van der Waals surface area contributed by atoms with Gasteiger partial charge in [-0.3, -0.25) is 9.47 Å². The zero-order chi connectivity index (χ0) is 17.2. The zero-order valence-electron chi connectivity index (χ0n) is 13.6. The molecule has 25 heavy (non-hydrogen) atoms. The van der Waals surface area contributed by atoms with E-state index >= 15 is 0 Å². The van der Waals surface area contributed by atoms with Gasteiger partial charge in [-0.1, -0.05) is 12.1 Å². The summed E-state index contributed by atoms with van der Waals surface area (Å²) in [5.74, 6) is 0.497. The summed E-state index contributed by atoms with van der Waals surface area (Å²) in [5, 5.41) is 9.01. The fourth-order valence-corrected chi connectivity index (χ4v) is 3.13. The van der Waals surface area contributed by atoms with E-state index in [1.165, 1.54) is 0 Å². The highest BCUT2D eigenvalue weighted by Crippen LogP contribution is 2.16. The molecule has 1 aliphatic heterocycles. The van der Waals surface area contributed by atoms with Gasteiger partial charge in [0.15, 0.2) is 5.58 Å². The lowest BCUT2D eigenvalue weighted by Crippen LogP contribution is -2.47. The lowest BCUT2D eigenvalue weighted by Gasteiger charge is -2.35. The van der Waals surface area contributed by atoms with Gasteiger partial charge in [0.1, 0.15) is 5.82 Å². The number of rotatable bonds is 3. The maximum atomic E-state index is 12.1. The zero-order valence-corrected chi connectivity index (χ0v) is 13.6. The number of pyridine rings is 1. The molecule has 0 aliphatic carbocycles. The molecule has 0 saturated carbocycles. The van der Waals surface area contributed by atoms with Gasteiger partial charge in [0.05, 0.1) is 23.8 Å². The average molecular weight is 335 g/mol. The van der Waals surface area contributed by atoms with Crippen LogP contribution < -0.4 is 10.7 Å². The van der Waals surface area contributed by atoms with Crippen LogP contribution in [-0.2, 0) is 6.67 Å². The van der Waals surface area contributed by atoms with Crippen LogP contribution in [0.25, 0.3) is 11.1 Å². The third-order valence-electron chi connectivity index (χ3n) is 4.49. The van der Waals surface area contributed by atoms with E-state index in [0.29, 0.717) is 17.8 Å². The number of anilines is 1. The fraction of sp³-hybridized carbons (Fsp3) is 0.278. The van der Waals surface area contributed by atoms with Crippen molar-refractivity contribution in [1.82, 2.24) is 14.5 Å². The molecule has 1 fully saturated rings. The Morgan fingerprint density at radius 1 is 1.16 bits per heavy atom. The van der Waals surface area contributed by atoms with Crippen molar-refractivity contribution >= 4 is 16.9 Å². The van der Waals surface area contributed by atoms with Crippen LogP contribution in [0.2, 0.25) is 0 Å². The highest BCUT2D eigenvalue weighted by molar-refractivity contribution is 5.72. The van der Waals surface area contributed by atoms with E-state index in [2.05, 4.69) is 20.9 Å². The number of nitriles is 1. The first-order valence-corrected chi connectivity index (χ1v) is 8.16. The molecule has 4 rings (SSSR count). The number of aromatic nitrogens is 2. The highest BCUT2D eigenvalue weighted by atomic mass is 16.4. The Labute approximate surface area is 144 Å². The Hall–Kier alpha value is -3.11. The van der Waals surface area contributed by atoms with Gasteiger partial charge in [-0.15, -0.1) is 0 Å². The van der Waals surface area contributed by atoms with Crippen molar-refractivity contribution in [2.45, 2.75) is 6.67 Å². The SMILES string of the molecule is N#Cc1ccnc(N2CCN(Cn3c(=O)oc4ccccc43)CC2)c1. The van der Waals surface area contributed by atoms with Gasteiger partial charge in [-0.05, 0) is 24.3 Å². The lowest BCUT2D eigenvalue weighted by atomic mass is 10.2. The van der Waals surface area contributed by atoms with Crippen LogP contribution in [0.3, 0.4) is 0 Å². The predicted octanol–water partition coefficient (Wildman–Crippen LogP) is 1.64. The second-order valence-corrected chi connectivity index (χ2v) is 6.02. The Morgan fingerprint density at radius 3 is 2.76 bits per heavy atom. The Morgan fingerprint density at radius 2 is 1.96 bits per heavy atom. The summed E-state index contributed by atoms with van der Waals surface area (Å²) in [6.07, 6.45) is 1.66. The molecule has 0 bridgehead atoms. The number of fused-ring (bicyclic) bond motifs is 1. The molecule has 0 atom stereocenters. The van der Waals surface area contributed by atoms with E-state index in [9.17, 15) is 4.79 Å². The van der Waals surface area contributed by atoms with Crippen molar-refractivity contribution in [2.75, 3.05) is 31.1 Å². The highest BCUT2D eigenvalue weighted by Gasteiger charge is 2.20. The summed E-state index contributed by atoms with van der Waals surface area (Å²) < 4.78 is 6.95. The van der Waals surface area contributed by atoms with Gasteiger partial charge in [0, 0.05) is 32.4 Å². The van der Waals surface area contributed by atoms with Crippen LogP contribution in [0.15, 0.2) is 51.8 Å². The minimum absolute atomic E-state index is 0.327. The fourth-order valence-electron chi connectivity index (χ4n) is 3.13. The molecule has 0 unspecified atom stereocenters. The van der Waals surface area contributed by atoms with E-state index in [4.69, 9.17) is 9.68 Å².